The van der Waals surface area contributed by atoms with Crippen molar-refractivity contribution in [3.05, 3.63) is 52.7 Å². The number of rotatable bonds is 5. The Hall–Kier alpha value is -2.52. The highest BCUT2D eigenvalue weighted by Gasteiger charge is 2.14. The number of carbonyl (C=O) groups excluding carboxylic acids is 1. The van der Waals surface area contributed by atoms with Gasteiger partial charge in [-0.15, -0.1) is 10.2 Å². The Kier molecular flexibility index (Phi) is 4.56. The number of hydrogen-bond acceptors (Lipinski definition) is 6. The summed E-state index contributed by atoms with van der Waals surface area (Å²) in [5, 5.41) is 16.6. The summed E-state index contributed by atoms with van der Waals surface area (Å²) >= 11 is 4.66. The number of nitrogens with one attached hydrogen (secondary N) is 1. The van der Waals surface area contributed by atoms with Gasteiger partial charge in [-0.2, -0.15) is 9.61 Å². The number of anilines is 1. The van der Waals surface area contributed by atoms with Gasteiger partial charge < -0.3 is 9.73 Å². The number of aromatic nitrogens is 4. The van der Waals surface area contributed by atoms with Crippen molar-refractivity contribution in [2.24, 2.45) is 0 Å². The average molecular weight is 432 g/mol. The van der Waals surface area contributed by atoms with Gasteiger partial charge in [0.05, 0.1) is 0 Å². The molecule has 7 nitrogen and oxygen atoms in total. The van der Waals surface area contributed by atoms with Gasteiger partial charge in [0.15, 0.2) is 16.3 Å². The highest BCUT2D eigenvalue weighted by atomic mass is 79.9. The molecule has 0 bridgehead atoms. The van der Waals surface area contributed by atoms with Crippen LogP contribution in [0.15, 0.2) is 45.5 Å². The van der Waals surface area contributed by atoms with Gasteiger partial charge in [0.2, 0.25) is 4.96 Å². The predicted molar refractivity (Wildman–Crippen MR) is 102 cm³/mol. The Balaban J connectivity index is 1.60. The molecule has 9 heteroatoms. The number of amides is 1. The first-order chi connectivity index (χ1) is 12.6. The Morgan fingerprint density at radius 1 is 1.31 bits per heavy atom. The molecule has 1 amide bonds. The van der Waals surface area contributed by atoms with E-state index in [1.54, 1.807) is 16.6 Å². The van der Waals surface area contributed by atoms with Gasteiger partial charge in [-0.05, 0) is 46.6 Å². The molecular formula is C17H14BrN5O2S. The molecule has 0 saturated carbocycles. The Bertz CT molecular complexity index is 1080. The van der Waals surface area contributed by atoms with Crippen molar-refractivity contribution in [3.63, 3.8) is 0 Å². The molecule has 0 fully saturated rings. The highest BCUT2D eigenvalue weighted by molar-refractivity contribution is 9.10. The smallest absolute Gasteiger partial charge is 0.291 e. The van der Waals surface area contributed by atoms with Crippen LogP contribution in [0.2, 0.25) is 0 Å². The van der Waals surface area contributed by atoms with E-state index in [-0.39, 0.29) is 11.7 Å². The summed E-state index contributed by atoms with van der Waals surface area (Å²) in [6.45, 7) is 2.10. The molecule has 26 heavy (non-hydrogen) atoms. The van der Waals surface area contributed by atoms with Crippen molar-refractivity contribution in [2.75, 3.05) is 5.32 Å². The number of hydrogen-bond donors (Lipinski definition) is 1. The van der Waals surface area contributed by atoms with Crippen molar-refractivity contribution in [1.29, 1.82) is 0 Å². The van der Waals surface area contributed by atoms with Crippen molar-refractivity contribution in [2.45, 2.75) is 19.8 Å². The van der Waals surface area contributed by atoms with E-state index >= 15 is 0 Å². The van der Waals surface area contributed by atoms with Gasteiger partial charge in [-0.25, -0.2) is 0 Å². The molecule has 0 aliphatic heterocycles. The molecule has 4 aromatic rings. The third kappa shape index (κ3) is 3.27. The van der Waals surface area contributed by atoms with E-state index in [1.165, 1.54) is 11.3 Å². The van der Waals surface area contributed by atoms with Crippen LogP contribution in [0.1, 0.15) is 29.7 Å². The molecular weight excluding hydrogens is 418 g/mol. The summed E-state index contributed by atoms with van der Waals surface area (Å²) < 4.78 is 7.57. The number of carbonyl (C=O) groups is 1. The van der Waals surface area contributed by atoms with Crippen LogP contribution in [0.4, 0.5) is 5.69 Å². The van der Waals surface area contributed by atoms with Gasteiger partial charge in [0, 0.05) is 17.7 Å². The second kappa shape index (κ2) is 7.00. The summed E-state index contributed by atoms with van der Waals surface area (Å²) in [7, 11) is 0. The van der Waals surface area contributed by atoms with Crippen molar-refractivity contribution in [1.82, 2.24) is 19.8 Å². The van der Waals surface area contributed by atoms with Crippen LogP contribution in [0.5, 0.6) is 0 Å². The Morgan fingerprint density at radius 2 is 2.19 bits per heavy atom. The standard InChI is InChI=1S/C17H14BrN5O2S/c1-2-4-14-20-21-17-23(14)22-16(26-17)10-5-3-6-11(9-10)19-15(24)12-7-8-13(18)25-12/h3,5-9H,2,4H2,1H3,(H,19,24). The van der Waals surface area contributed by atoms with Crippen LogP contribution < -0.4 is 5.32 Å². The second-order valence-corrected chi connectivity index (χ2v) is 7.34. The zero-order chi connectivity index (χ0) is 18.1. The first-order valence-electron chi connectivity index (χ1n) is 8.02. The summed E-state index contributed by atoms with van der Waals surface area (Å²) in [4.78, 5) is 13.0. The van der Waals surface area contributed by atoms with Crippen LogP contribution in [-0.4, -0.2) is 25.7 Å². The topological polar surface area (TPSA) is 85.3 Å². The van der Waals surface area contributed by atoms with E-state index in [4.69, 9.17) is 4.42 Å². The number of fused-ring (bicyclic) bond motifs is 1. The van der Waals surface area contributed by atoms with E-state index in [1.807, 2.05) is 24.3 Å². The van der Waals surface area contributed by atoms with Crippen LogP contribution in [-0.2, 0) is 6.42 Å². The maximum Gasteiger partial charge on any atom is 0.291 e. The normalized spacial score (nSPS) is 11.2. The number of halogens is 1. The van der Waals surface area contributed by atoms with Crippen molar-refractivity contribution < 1.29 is 9.21 Å². The van der Waals surface area contributed by atoms with Crippen molar-refractivity contribution >= 4 is 43.8 Å². The highest BCUT2D eigenvalue weighted by Crippen LogP contribution is 2.28. The van der Waals surface area contributed by atoms with E-state index in [2.05, 4.69) is 43.5 Å². The van der Waals surface area contributed by atoms with E-state index in [9.17, 15) is 4.79 Å². The lowest BCUT2D eigenvalue weighted by atomic mass is 10.2. The van der Waals surface area contributed by atoms with E-state index in [0.717, 1.165) is 34.2 Å². The third-order valence-corrected chi connectivity index (χ3v) is 5.07. The summed E-state index contributed by atoms with van der Waals surface area (Å²) in [5.74, 6) is 0.791. The van der Waals surface area contributed by atoms with Gasteiger partial charge in [-0.1, -0.05) is 30.4 Å². The largest absolute Gasteiger partial charge is 0.444 e. The quantitative estimate of drug-likeness (QED) is 0.505. The fourth-order valence-electron chi connectivity index (χ4n) is 2.51. The Morgan fingerprint density at radius 3 is 2.96 bits per heavy atom. The zero-order valence-electron chi connectivity index (χ0n) is 13.8. The lowest BCUT2D eigenvalue weighted by Gasteiger charge is -2.04. The van der Waals surface area contributed by atoms with Crippen LogP contribution in [0, 0.1) is 0 Å². The maximum absolute atomic E-state index is 12.2. The zero-order valence-corrected chi connectivity index (χ0v) is 16.2. The summed E-state index contributed by atoms with van der Waals surface area (Å²) in [6, 6.07) is 10.8. The molecule has 3 heterocycles. The second-order valence-electron chi connectivity index (χ2n) is 5.61. The first kappa shape index (κ1) is 16.9. The molecule has 0 radical (unpaired) electrons. The van der Waals surface area contributed by atoms with Crippen LogP contribution >= 0.6 is 27.3 Å². The van der Waals surface area contributed by atoms with Gasteiger partial charge in [0.25, 0.3) is 5.91 Å². The molecule has 0 atom stereocenters. The monoisotopic (exact) mass is 431 g/mol. The molecule has 0 aliphatic rings. The number of nitrogens with zero attached hydrogens (tertiary/aromatic N) is 4. The van der Waals surface area contributed by atoms with E-state index < -0.39 is 0 Å². The summed E-state index contributed by atoms with van der Waals surface area (Å²) in [5.41, 5.74) is 1.57. The lowest BCUT2D eigenvalue weighted by Crippen LogP contribution is -2.10. The number of aryl methyl sites for hydroxylation is 1. The molecule has 0 unspecified atom stereocenters. The number of benzene rings is 1. The van der Waals surface area contributed by atoms with Crippen LogP contribution in [0.3, 0.4) is 0 Å². The molecule has 3 aromatic heterocycles. The van der Waals surface area contributed by atoms with Gasteiger partial charge in [0.1, 0.15) is 5.01 Å². The molecule has 0 aliphatic carbocycles. The third-order valence-electron chi connectivity index (χ3n) is 3.69. The fraction of sp³-hybridized carbons (Fsp3) is 0.176. The molecule has 0 spiro atoms. The molecule has 1 aromatic carbocycles. The fourth-order valence-corrected chi connectivity index (χ4v) is 3.67. The van der Waals surface area contributed by atoms with E-state index in [0.29, 0.717) is 10.4 Å². The molecule has 0 saturated heterocycles. The number of furan rings is 1. The molecule has 132 valence electrons. The molecule has 4 rings (SSSR count). The predicted octanol–water partition coefficient (Wildman–Crippen LogP) is 4.41. The minimum absolute atomic E-state index is 0.241. The summed E-state index contributed by atoms with van der Waals surface area (Å²) in [6.07, 6.45) is 1.82. The SMILES string of the molecule is CCCc1nnc2sc(-c3cccc(NC(=O)c4ccc(Br)o4)c3)nn12. The van der Waals surface area contributed by atoms with Gasteiger partial charge in [-0.3, -0.25) is 4.79 Å². The first-order valence-corrected chi connectivity index (χ1v) is 9.63. The van der Waals surface area contributed by atoms with Crippen LogP contribution in [0.25, 0.3) is 15.5 Å². The van der Waals surface area contributed by atoms with Crippen molar-refractivity contribution in [3.8, 4) is 10.6 Å². The molecule has 1 N–H and O–H groups in total. The minimum atomic E-state index is -0.309. The maximum atomic E-state index is 12.2. The average Bonchev–Trinajstić information content (AvgIpc) is 3.32. The minimum Gasteiger partial charge on any atom is -0.444 e. The lowest BCUT2D eigenvalue weighted by molar-refractivity contribution is 0.0995. The Labute approximate surface area is 161 Å². The van der Waals surface area contributed by atoms with Gasteiger partial charge >= 0.3 is 0 Å².